The van der Waals surface area contributed by atoms with Gasteiger partial charge in [0.15, 0.2) is 6.61 Å². The molecule has 0 radical (unpaired) electrons. The molecule has 0 amide bonds. The maximum Gasteiger partial charge on any atom is 0.514 e. The van der Waals surface area contributed by atoms with E-state index in [9.17, 15) is 4.79 Å². The highest BCUT2D eigenvalue weighted by molar-refractivity contribution is 5.60. The van der Waals surface area contributed by atoms with Crippen molar-refractivity contribution in [3.05, 3.63) is 12.8 Å². The molecule has 0 bridgehead atoms. The van der Waals surface area contributed by atoms with Crippen molar-refractivity contribution < 1.29 is 14.3 Å². The van der Waals surface area contributed by atoms with Crippen molar-refractivity contribution >= 4 is 6.16 Å². The molecule has 4 heteroatoms. The van der Waals surface area contributed by atoms with Crippen LogP contribution in [0.2, 0.25) is 0 Å². The van der Waals surface area contributed by atoms with Crippen molar-refractivity contribution in [1.82, 2.24) is 0 Å². The first kappa shape index (κ1) is 7.50. The maximum absolute atomic E-state index is 10.1. The lowest BCUT2D eigenvalue weighted by Gasteiger charge is -1.94. The minimum atomic E-state index is -0.911. The number of carbonyl (C=O) groups excluding carboxylic acids is 1. The monoisotopic (exact) mass is 127 g/mol. The van der Waals surface area contributed by atoms with Crippen molar-refractivity contribution in [2.24, 2.45) is 0 Å². The van der Waals surface area contributed by atoms with E-state index in [-0.39, 0.29) is 6.61 Å². The van der Waals surface area contributed by atoms with E-state index in [1.165, 1.54) is 0 Å². The third-order valence-electron chi connectivity index (χ3n) is 0.434. The van der Waals surface area contributed by atoms with Crippen LogP contribution in [-0.2, 0) is 9.47 Å². The molecular weight excluding hydrogens is 122 g/mol. The molecule has 0 rings (SSSR count). The van der Waals surface area contributed by atoms with E-state index in [1.807, 2.05) is 0 Å². The van der Waals surface area contributed by atoms with Crippen molar-refractivity contribution in [3.8, 4) is 6.07 Å². The van der Waals surface area contributed by atoms with Crippen molar-refractivity contribution in [2.45, 2.75) is 0 Å². The Morgan fingerprint density at radius 2 is 2.56 bits per heavy atom. The van der Waals surface area contributed by atoms with E-state index in [0.29, 0.717) is 0 Å². The van der Waals surface area contributed by atoms with E-state index in [1.54, 1.807) is 6.07 Å². The molecule has 0 aliphatic carbocycles. The topological polar surface area (TPSA) is 59.3 Å². The van der Waals surface area contributed by atoms with Gasteiger partial charge in [-0.2, -0.15) is 5.26 Å². The Labute approximate surface area is 52.3 Å². The van der Waals surface area contributed by atoms with E-state index in [0.717, 1.165) is 6.26 Å². The number of carbonyl (C=O) groups is 1. The molecule has 0 saturated carbocycles. The van der Waals surface area contributed by atoms with Gasteiger partial charge in [0.2, 0.25) is 0 Å². The molecule has 0 N–H and O–H groups in total. The van der Waals surface area contributed by atoms with Crippen LogP contribution >= 0.6 is 0 Å². The van der Waals surface area contributed by atoms with Crippen LogP contribution in [0.3, 0.4) is 0 Å². The summed E-state index contributed by atoms with van der Waals surface area (Å²) in [7, 11) is 0. The SMILES string of the molecule is C=COC(=O)OCC#N. The third kappa shape index (κ3) is 4.35. The van der Waals surface area contributed by atoms with Gasteiger partial charge in [-0.05, 0) is 0 Å². The lowest BCUT2D eigenvalue weighted by atomic mass is 10.8. The first-order valence-electron chi connectivity index (χ1n) is 2.12. The number of hydrogen-bond donors (Lipinski definition) is 0. The Hall–Kier alpha value is -1.50. The van der Waals surface area contributed by atoms with E-state index in [4.69, 9.17) is 5.26 Å². The summed E-state index contributed by atoms with van der Waals surface area (Å²) in [5, 5.41) is 7.87. The minimum absolute atomic E-state index is 0.299. The number of nitrogens with zero attached hydrogens (tertiary/aromatic N) is 1. The predicted molar refractivity (Wildman–Crippen MR) is 28.2 cm³/mol. The summed E-state index contributed by atoms with van der Waals surface area (Å²) in [5.74, 6) is 0. The first-order chi connectivity index (χ1) is 4.31. The first-order valence-corrected chi connectivity index (χ1v) is 2.12. The fourth-order valence-corrected chi connectivity index (χ4v) is 0.193. The molecule has 0 heterocycles. The summed E-state index contributed by atoms with van der Waals surface area (Å²) in [5.41, 5.74) is 0. The number of hydrogen-bond acceptors (Lipinski definition) is 4. The molecule has 9 heavy (non-hydrogen) atoms. The molecule has 0 unspecified atom stereocenters. The van der Waals surface area contributed by atoms with Gasteiger partial charge in [0.25, 0.3) is 0 Å². The van der Waals surface area contributed by atoms with Crippen LogP contribution < -0.4 is 0 Å². The highest BCUT2D eigenvalue weighted by Gasteiger charge is 1.97. The molecule has 0 saturated heterocycles. The summed E-state index contributed by atoms with van der Waals surface area (Å²) in [6.45, 7) is 2.80. The largest absolute Gasteiger partial charge is 0.514 e. The van der Waals surface area contributed by atoms with Gasteiger partial charge in [0.05, 0.1) is 6.26 Å². The number of rotatable bonds is 2. The van der Waals surface area contributed by atoms with Gasteiger partial charge in [0, 0.05) is 0 Å². The molecule has 0 atom stereocenters. The highest BCUT2D eigenvalue weighted by Crippen LogP contribution is 1.82. The van der Waals surface area contributed by atoms with Gasteiger partial charge in [-0.15, -0.1) is 0 Å². The van der Waals surface area contributed by atoms with Crippen LogP contribution in [0.4, 0.5) is 4.79 Å². The molecule has 0 fully saturated rings. The molecule has 0 aromatic rings. The van der Waals surface area contributed by atoms with Crippen molar-refractivity contribution in [2.75, 3.05) is 6.61 Å². The zero-order valence-corrected chi connectivity index (χ0v) is 4.66. The number of nitriles is 1. The molecule has 0 aliphatic rings. The molecule has 48 valence electrons. The van der Waals surface area contributed by atoms with Gasteiger partial charge in [-0.3, -0.25) is 0 Å². The summed E-state index contributed by atoms with van der Waals surface area (Å²) in [6, 6.07) is 1.60. The molecule has 0 aliphatic heterocycles. The Kier molecular flexibility index (Phi) is 3.88. The van der Waals surface area contributed by atoms with Crippen LogP contribution in [0.25, 0.3) is 0 Å². The quantitative estimate of drug-likeness (QED) is 0.406. The lowest BCUT2D eigenvalue weighted by molar-refractivity contribution is 0.0959. The zero-order valence-electron chi connectivity index (χ0n) is 4.66. The molecular formula is C5H5NO3. The average molecular weight is 127 g/mol. The summed E-state index contributed by atoms with van der Waals surface area (Å²) < 4.78 is 8.23. The van der Waals surface area contributed by atoms with Gasteiger partial charge >= 0.3 is 6.16 Å². The molecule has 0 spiro atoms. The van der Waals surface area contributed by atoms with Crippen LogP contribution in [0.1, 0.15) is 0 Å². The zero-order chi connectivity index (χ0) is 7.11. The van der Waals surface area contributed by atoms with Crippen LogP contribution in [0.15, 0.2) is 12.8 Å². The Balaban J connectivity index is 3.29. The Morgan fingerprint density at radius 1 is 1.89 bits per heavy atom. The van der Waals surface area contributed by atoms with E-state index >= 15 is 0 Å². The second-order valence-corrected chi connectivity index (χ2v) is 0.981. The van der Waals surface area contributed by atoms with Crippen LogP contribution in [0, 0.1) is 11.3 Å². The van der Waals surface area contributed by atoms with Gasteiger partial charge < -0.3 is 9.47 Å². The maximum atomic E-state index is 10.1. The third-order valence-corrected chi connectivity index (χ3v) is 0.434. The van der Waals surface area contributed by atoms with E-state index < -0.39 is 6.16 Å². The highest BCUT2D eigenvalue weighted by atomic mass is 16.7. The normalized spacial score (nSPS) is 7.00. The van der Waals surface area contributed by atoms with Crippen LogP contribution in [0.5, 0.6) is 0 Å². The Bertz CT molecular complexity index is 147. The fraction of sp³-hybridized carbons (Fsp3) is 0.200. The van der Waals surface area contributed by atoms with Gasteiger partial charge in [-0.1, -0.05) is 6.58 Å². The standard InChI is InChI=1S/C5H5NO3/c1-2-8-5(7)9-4-3-6/h2H,1,4H2. The van der Waals surface area contributed by atoms with Crippen molar-refractivity contribution in [3.63, 3.8) is 0 Å². The molecule has 0 aromatic carbocycles. The van der Waals surface area contributed by atoms with Crippen LogP contribution in [-0.4, -0.2) is 12.8 Å². The second-order valence-electron chi connectivity index (χ2n) is 0.981. The fourth-order valence-electron chi connectivity index (χ4n) is 0.193. The molecule has 4 nitrogen and oxygen atoms in total. The predicted octanol–water partition coefficient (Wildman–Crippen LogP) is 0.807. The van der Waals surface area contributed by atoms with Gasteiger partial charge in [-0.25, -0.2) is 4.79 Å². The van der Waals surface area contributed by atoms with Crippen molar-refractivity contribution in [1.29, 1.82) is 5.26 Å². The summed E-state index contributed by atoms with van der Waals surface area (Å²) in [6.07, 6.45) is 0.0197. The summed E-state index contributed by atoms with van der Waals surface area (Å²) >= 11 is 0. The van der Waals surface area contributed by atoms with E-state index in [2.05, 4.69) is 16.1 Å². The lowest BCUT2D eigenvalue weighted by Crippen LogP contribution is -2.02. The Morgan fingerprint density at radius 3 is 3.00 bits per heavy atom. The smallest absolute Gasteiger partial charge is 0.419 e. The van der Waals surface area contributed by atoms with Gasteiger partial charge in [0.1, 0.15) is 6.07 Å². The summed E-state index contributed by atoms with van der Waals surface area (Å²) in [4.78, 5) is 10.1. The molecule has 0 aromatic heterocycles. The number of ether oxygens (including phenoxy) is 2. The second kappa shape index (κ2) is 4.65. The average Bonchev–Trinajstić information content (AvgIpc) is 1.85. The minimum Gasteiger partial charge on any atom is -0.419 e.